The third-order valence-electron chi connectivity index (χ3n) is 2.18. The number of carbonyl (C=O) groups is 1. The number of benzene rings is 1. The zero-order valence-electron chi connectivity index (χ0n) is 9.06. The molecule has 0 bridgehead atoms. The second kappa shape index (κ2) is 4.45. The predicted molar refractivity (Wildman–Crippen MR) is 63.3 cm³/mol. The smallest absolute Gasteiger partial charge is 0.212 e. The Kier molecular flexibility index (Phi) is 3.01. The van der Waals surface area contributed by atoms with Crippen molar-refractivity contribution in [3.05, 3.63) is 45.9 Å². The van der Waals surface area contributed by atoms with Crippen LogP contribution in [0.4, 0.5) is 0 Å². The van der Waals surface area contributed by atoms with E-state index >= 15 is 0 Å². The molecule has 0 saturated carbocycles. The minimum atomic E-state index is -0.0664. The largest absolute Gasteiger partial charge is 0.497 e. The van der Waals surface area contributed by atoms with E-state index in [-0.39, 0.29) is 5.78 Å². The first kappa shape index (κ1) is 10.8. The fourth-order valence-electron chi connectivity index (χ4n) is 1.38. The summed E-state index contributed by atoms with van der Waals surface area (Å²) in [6.07, 6.45) is 0. The monoisotopic (exact) mass is 233 g/mol. The zero-order valence-corrected chi connectivity index (χ0v) is 9.88. The second-order valence-corrected chi connectivity index (χ2v) is 4.38. The van der Waals surface area contributed by atoms with Gasteiger partial charge in [-0.1, -0.05) is 12.1 Å². The summed E-state index contributed by atoms with van der Waals surface area (Å²) in [5.74, 6) is 0.612. The van der Waals surface area contributed by atoms with Gasteiger partial charge in [0.15, 0.2) is 0 Å². The first-order chi connectivity index (χ1) is 7.70. The summed E-state index contributed by atoms with van der Waals surface area (Å²) in [6.45, 7) is 1.88. The molecule has 0 aliphatic carbocycles. The first-order valence-electron chi connectivity index (χ1n) is 4.81. The van der Waals surface area contributed by atoms with E-state index in [4.69, 9.17) is 4.74 Å². The van der Waals surface area contributed by atoms with Crippen molar-refractivity contribution >= 4 is 17.1 Å². The average molecular weight is 233 g/mol. The lowest BCUT2D eigenvalue weighted by Crippen LogP contribution is -2.01. The van der Waals surface area contributed by atoms with E-state index in [2.05, 4.69) is 4.98 Å². The van der Waals surface area contributed by atoms with Crippen LogP contribution in [0.5, 0.6) is 5.75 Å². The molecule has 0 N–H and O–H groups in total. The Hall–Kier alpha value is -1.68. The van der Waals surface area contributed by atoms with Crippen LogP contribution in [0.3, 0.4) is 0 Å². The van der Waals surface area contributed by atoms with Gasteiger partial charge < -0.3 is 4.74 Å². The molecule has 0 atom stereocenters. The number of thiazole rings is 1. The van der Waals surface area contributed by atoms with Gasteiger partial charge in [-0.05, 0) is 19.1 Å². The van der Waals surface area contributed by atoms with Crippen LogP contribution < -0.4 is 4.74 Å². The standard InChI is InChI=1S/C12H11NO2S/c1-8-13-11(7-16-8)12(14)9-4-3-5-10(6-9)15-2/h3-7H,1-2H3. The topological polar surface area (TPSA) is 39.2 Å². The molecule has 0 amide bonds. The first-order valence-corrected chi connectivity index (χ1v) is 5.69. The Labute approximate surface area is 97.7 Å². The van der Waals surface area contributed by atoms with E-state index in [0.717, 1.165) is 5.01 Å². The van der Waals surface area contributed by atoms with E-state index in [0.29, 0.717) is 17.0 Å². The minimum absolute atomic E-state index is 0.0664. The minimum Gasteiger partial charge on any atom is -0.497 e. The molecule has 3 nitrogen and oxygen atoms in total. The van der Waals surface area contributed by atoms with Crippen LogP contribution in [0, 0.1) is 6.92 Å². The third-order valence-corrected chi connectivity index (χ3v) is 2.96. The third kappa shape index (κ3) is 2.12. The van der Waals surface area contributed by atoms with Gasteiger partial charge in [-0.2, -0.15) is 0 Å². The Morgan fingerprint density at radius 1 is 1.44 bits per heavy atom. The lowest BCUT2D eigenvalue weighted by Gasteiger charge is -2.01. The number of hydrogen-bond donors (Lipinski definition) is 0. The molecule has 16 heavy (non-hydrogen) atoms. The lowest BCUT2D eigenvalue weighted by atomic mass is 10.1. The van der Waals surface area contributed by atoms with Crippen molar-refractivity contribution in [2.75, 3.05) is 7.11 Å². The fraction of sp³-hybridized carbons (Fsp3) is 0.167. The van der Waals surface area contributed by atoms with Gasteiger partial charge in [0.1, 0.15) is 11.4 Å². The quantitative estimate of drug-likeness (QED) is 0.765. The summed E-state index contributed by atoms with van der Waals surface area (Å²) < 4.78 is 5.08. The normalized spacial score (nSPS) is 10.1. The van der Waals surface area contributed by atoms with Gasteiger partial charge in [-0.25, -0.2) is 4.98 Å². The molecule has 1 aromatic carbocycles. The lowest BCUT2D eigenvalue weighted by molar-refractivity contribution is 0.103. The number of nitrogens with zero attached hydrogens (tertiary/aromatic N) is 1. The van der Waals surface area contributed by atoms with E-state index in [1.54, 1.807) is 30.7 Å². The van der Waals surface area contributed by atoms with E-state index in [9.17, 15) is 4.79 Å². The number of hydrogen-bond acceptors (Lipinski definition) is 4. The zero-order chi connectivity index (χ0) is 11.5. The van der Waals surface area contributed by atoms with E-state index in [1.807, 2.05) is 13.0 Å². The fourth-order valence-corrected chi connectivity index (χ4v) is 1.97. The van der Waals surface area contributed by atoms with Crippen LogP contribution in [0.2, 0.25) is 0 Å². The van der Waals surface area contributed by atoms with Crippen molar-refractivity contribution in [3.63, 3.8) is 0 Å². The maximum absolute atomic E-state index is 12.0. The average Bonchev–Trinajstić information content (AvgIpc) is 2.75. The Morgan fingerprint density at radius 2 is 2.25 bits per heavy atom. The highest BCUT2D eigenvalue weighted by Crippen LogP contribution is 2.17. The number of methoxy groups -OCH3 is 1. The summed E-state index contributed by atoms with van der Waals surface area (Å²) in [6, 6.07) is 7.09. The number of aryl methyl sites for hydroxylation is 1. The van der Waals surface area contributed by atoms with Gasteiger partial charge in [0.2, 0.25) is 5.78 Å². The van der Waals surface area contributed by atoms with E-state index < -0.39 is 0 Å². The van der Waals surface area contributed by atoms with Crippen molar-refractivity contribution < 1.29 is 9.53 Å². The maximum Gasteiger partial charge on any atom is 0.212 e. The molecule has 2 aromatic rings. The van der Waals surface area contributed by atoms with Gasteiger partial charge in [0.05, 0.1) is 12.1 Å². The van der Waals surface area contributed by atoms with Gasteiger partial charge in [0, 0.05) is 10.9 Å². The SMILES string of the molecule is COc1cccc(C(=O)c2csc(C)n2)c1. The number of rotatable bonds is 3. The van der Waals surface area contributed by atoms with Crippen LogP contribution in [0.1, 0.15) is 21.1 Å². The molecule has 0 aliphatic rings. The Balaban J connectivity index is 2.33. The summed E-state index contributed by atoms with van der Waals surface area (Å²) in [5.41, 5.74) is 1.10. The molecule has 0 saturated heterocycles. The number of aromatic nitrogens is 1. The van der Waals surface area contributed by atoms with Crippen molar-refractivity contribution in [2.45, 2.75) is 6.92 Å². The van der Waals surface area contributed by atoms with Crippen molar-refractivity contribution in [2.24, 2.45) is 0 Å². The molecule has 1 heterocycles. The predicted octanol–water partition coefficient (Wildman–Crippen LogP) is 2.69. The molecule has 0 unspecified atom stereocenters. The van der Waals surface area contributed by atoms with Crippen molar-refractivity contribution in [3.8, 4) is 5.75 Å². The summed E-state index contributed by atoms with van der Waals surface area (Å²) >= 11 is 1.47. The Bertz CT molecular complexity index is 519. The molecule has 0 aliphatic heterocycles. The number of ketones is 1. The highest BCUT2D eigenvalue weighted by molar-refractivity contribution is 7.09. The summed E-state index contributed by atoms with van der Waals surface area (Å²) in [5, 5.41) is 2.67. The maximum atomic E-state index is 12.0. The van der Waals surface area contributed by atoms with Gasteiger partial charge >= 0.3 is 0 Å². The van der Waals surface area contributed by atoms with Crippen LogP contribution >= 0.6 is 11.3 Å². The second-order valence-electron chi connectivity index (χ2n) is 3.31. The van der Waals surface area contributed by atoms with Gasteiger partial charge in [-0.15, -0.1) is 11.3 Å². The number of ether oxygens (including phenoxy) is 1. The van der Waals surface area contributed by atoms with Crippen molar-refractivity contribution in [1.82, 2.24) is 4.98 Å². The molecule has 1 aromatic heterocycles. The van der Waals surface area contributed by atoms with Crippen LogP contribution in [0.25, 0.3) is 0 Å². The molecular weight excluding hydrogens is 222 g/mol. The van der Waals surface area contributed by atoms with Gasteiger partial charge in [-0.3, -0.25) is 4.79 Å². The number of carbonyl (C=O) groups excluding carboxylic acids is 1. The summed E-state index contributed by atoms with van der Waals surface area (Å²) in [7, 11) is 1.58. The summed E-state index contributed by atoms with van der Waals surface area (Å²) in [4.78, 5) is 16.2. The van der Waals surface area contributed by atoms with Crippen molar-refractivity contribution in [1.29, 1.82) is 0 Å². The highest BCUT2D eigenvalue weighted by atomic mass is 32.1. The molecular formula is C12H11NO2S. The molecule has 82 valence electrons. The molecule has 0 radical (unpaired) electrons. The highest BCUT2D eigenvalue weighted by Gasteiger charge is 2.12. The van der Waals surface area contributed by atoms with Crippen LogP contribution in [-0.4, -0.2) is 17.9 Å². The molecule has 4 heteroatoms. The van der Waals surface area contributed by atoms with E-state index in [1.165, 1.54) is 11.3 Å². The Morgan fingerprint density at radius 3 is 2.88 bits per heavy atom. The van der Waals surface area contributed by atoms with Crippen LogP contribution in [-0.2, 0) is 0 Å². The molecule has 0 fully saturated rings. The van der Waals surface area contributed by atoms with Gasteiger partial charge in [0.25, 0.3) is 0 Å². The molecule has 2 rings (SSSR count). The molecule has 0 spiro atoms. The van der Waals surface area contributed by atoms with Crippen LogP contribution in [0.15, 0.2) is 29.6 Å².